The first-order chi connectivity index (χ1) is 9.96. The summed E-state index contributed by atoms with van der Waals surface area (Å²) in [6.07, 6.45) is 2.13. The maximum atomic E-state index is 6.17. The van der Waals surface area contributed by atoms with Gasteiger partial charge in [0.25, 0.3) is 0 Å². The summed E-state index contributed by atoms with van der Waals surface area (Å²) in [5, 5.41) is 3.68. The molecule has 1 aromatic rings. The van der Waals surface area contributed by atoms with Crippen molar-refractivity contribution >= 4 is 0 Å². The van der Waals surface area contributed by atoms with Crippen LogP contribution in [-0.2, 0) is 0 Å². The molecule has 1 atom stereocenters. The van der Waals surface area contributed by atoms with Gasteiger partial charge in [-0.3, -0.25) is 0 Å². The van der Waals surface area contributed by atoms with Gasteiger partial charge in [0.05, 0.1) is 0 Å². The van der Waals surface area contributed by atoms with E-state index in [9.17, 15) is 0 Å². The standard InChI is InChI=1S/C17H25NO3/c1-11(2)7-8-18-13-9-17(3,4)21-15-12(13)5-6-14-16(15)20-10-19-14/h5-6,11,13,18H,7-10H2,1-4H3. The topological polar surface area (TPSA) is 39.7 Å². The molecule has 0 bridgehead atoms. The lowest BCUT2D eigenvalue weighted by atomic mass is 9.89. The molecule has 0 saturated carbocycles. The van der Waals surface area contributed by atoms with Crippen molar-refractivity contribution in [2.24, 2.45) is 5.92 Å². The molecule has 4 nitrogen and oxygen atoms in total. The maximum absolute atomic E-state index is 6.17. The van der Waals surface area contributed by atoms with Crippen LogP contribution < -0.4 is 19.5 Å². The fourth-order valence-electron chi connectivity index (χ4n) is 2.99. The normalized spacial score (nSPS) is 22.0. The van der Waals surface area contributed by atoms with Crippen LogP contribution in [0.5, 0.6) is 17.2 Å². The summed E-state index contributed by atoms with van der Waals surface area (Å²) in [4.78, 5) is 0. The molecule has 0 spiro atoms. The van der Waals surface area contributed by atoms with Crippen molar-refractivity contribution in [2.75, 3.05) is 13.3 Å². The minimum Gasteiger partial charge on any atom is -0.483 e. The van der Waals surface area contributed by atoms with Crippen LogP contribution in [0, 0.1) is 5.92 Å². The highest BCUT2D eigenvalue weighted by Crippen LogP contribution is 2.50. The molecule has 2 aliphatic heterocycles. The van der Waals surface area contributed by atoms with E-state index in [0.717, 1.165) is 30.2 Å². The molecular weight excluding hydrogens is 266 g/mol. The number of benzene rings is 1. The second kappa shape index (κ2) is 5.41. The predicted octanol–water partition coefficient (Wildman–Crippen LogP) is 3.65. The van der Waals surface area contributed by atoms with Crippen molar-refractivity contribution in [3.8, 4) is 17.2 Å². The highest BCUT2D eigenvalue weighted by molar-refractivity contribution is 5.58. The van der Waals surface area contributed by atoms with Crippen molar-refractivity contribution < 1.29 is 14.2 Å². The van der Waals surface area contributed by atoms with E-state index in [2.05, 4.69) is 39.1 Å². The Kier molecular flexibility index (Phi) is 3.74. The lowest BCUT2D eigenvalue weighted by Crippen LogP contribution is -2.40. The molecule has 3 rings (SSSR count). The quantitative estimate of drug-likeness (QED) is 0.919. The average Bonchev–Trinajstić information content (AvgIpc) is 2.85. The Labute approximate surface area is 126 Å². The largest absolute Gasteiger partial charge is 0.483 e. The van der Waals surface area contributed by atoms with Gasteiger partial charge in [0, 0.05) is 18.0 Å². The Morgan fingerprint density at radius 3 is 2.81 bits per heavy atom. The second-order valence-electron chi connectivity index (χ2n) is 6.97. The van der Waals surface area contributed by atoms with Crippen molar-refractivity contribution in [1.29, 1.82) is 0 Å². The van der Waals surface area contributed by atoms with E-state index in [1.54, 1.807) is 0 Å². The van der Waals surface area contributed by atoms with Crippen LogP contribution >= 0.6 is 0 Å². The van der Waals surface area contributed by atoms with Gasteiger partial charge in [0.15, 0.2) is 11.5 Å². The van der Waals surface area contributed by atoms with E-state index in [0.29, 0.717) is 12.0 Å². The fourth-order valence-corrected chi connectivity index (χ4v) is 2.99. The van der Waals surface area contributed by atoms with Crippen LogP contribution in [0.4, 0.5) is 0 Å². The third kappa shape index (κ3) is 2.95. The Hall–Kier alpha value is -1.42. The minimum absolute atomic E-state index is 0.205. The molecule has 1 aromatic carbocycles. The second-order valence-corrected chi connectivity index (χ2v) is 6.97. The van der Waals surface area contributed by atoms with Crippen LogP contribution in [0.3, 0.4) is 0 Å². The smallest absolute Gasteiger partial charge is 0.231 e. The molecule has 116 valence electrons. The van der Waals surface area contributed by atoms with Gasteiger partial charge in [-0.25, -0.2) is 0 Å². The maximum Gasteiger partial charge on any atom is 0.231 e. The molecule has 0 radical (unpaired) electrons. The van der Waals surface area contributed by atoms with Crippen LogP contribution in [0.1, 0.15) is 52.1 Å². The number of ether oxygens (including phenoxy) is 3. The van der Waals surface area contributed by atoms with Crippen molar-refractivity contribution in [2.45, 2.75) is 52.2 Å². The summed E-state index contributed by atoms with van der Waals surface area (Å²) in [6, 6.07) is 4.39. The van der Waals surface area contributed by atoms with Crippen LogP contribution in [0.15, 0.2) is 12.1 Å². The van der Waals surface area contributed by atoms with Gasteiger partial charge in [-0.1, -0.05) is 13.8 Å². The zero-order chi connectivity index (χ0) is 15.0. The molecule has 0 saturated heterocycles. The summed E-state index contributed by atoms with van der Waals surface area (Å²) >= 11 is 0. The Morgan fingerprint density at radius 1 is 1.24 bits per heavy atom. The zero-order valence-electron chi connectivity index (χ0n) is 13.4. The number of hydrogen-bond donors (Lipinski definition) is 1. The molecule has 21 heavy (non-hydrogen) atoms. The van der Waals surface area contributed by atoms with E-state index in [-0.39, 0.29) is 12.4 Å². The minimum atomic E-state index is -0.205. The SMILES string of the molecule is CC(C)CCNC1CC(C)(C)Oc2c1ccc1c2OCO1. The highest BCUT2D eigenvalue weighted by Gasteiger charge is 2.37. The molecule has 4 heteroatoms. The van der Waals surface area contributed by atoms with Crippen molar-refractivity contribution in [3.05, 3.63) is 17.7 Å². The monoisotopic (exact) mass is 291 g/mol. The van der Waals surface area contributed by atoms with Gasteiger partial charge in [-0.15, -0.1) is 0 Å². The average molecular weight is 291 g/mol. The van der Waals surface area contributed by atoms with Gasteiger partial charge in [0.1, 0.15) is 5.60 Å². The van der Waals surface area contributed by atoms with Crippen LogP contribution in [-0.4, -0.2) is 18.9 Å². The first kappa shape index (κ1) is 14.5. The number of hydrogen-bond acceptors (Lipinski definition) is 4. The van der Waals surface area contributed by atoms with Gasteiger partial charge in [0.2, 0.25) is 12.5 Å². The zero-order valence-corrected chi connectivity index (χ0v) is 13.4. The lowest BCUT2D eigenvalue weighted by Gasteiger charge is -2.38. The lowest BCUT2D eigenvalue weighted by molar-refractivity contribution is 0.0609. The van der Waals surface area contributed by atoms with Gasteiger partial charge in [-0.05, 0) is 44.9 Å². The third-order valence-corrected chi connectivity index (χ3v) is 4.09. The predicted molar refractivity (Wildman–Crippen MR) is 82.1 cm³/mol. The highest BCUT2D eigenvalue weighted by atomic mass is 16.7. The molecule has 1 unspecified atom stereocenters. The van der Waals surface area contributed by atoms with E-state index in [1.807, 2.05) is 6.07 Å². The Balaban J connectivity index is 1.86. The van der Waals surface area contributed by atoms with Gasteiger partial charge >= 0.3 is 0 Å². The van der Waals surface area contributed by atoms with Gasteiger partial charge < -0.3 is 19.5 Å². The first-order valence-corrected chi connectivity index (χ1v) is 7.81. The molecule has 1 N–H and O–H groups in total. The molecule has 0 aliphatic carbocycles. The summed E-state index contributed by atoms with van der Waals surface area (Å²) < 4.78 is 17.2. The Morgan fingerprint density at radius 2 is 2.05 bits per heavy atom. The summed E-state index contributed by atoms with van der Waals surface area (Å²) in [5.74, 6) is 3.10. The number of nitrogens with one attached hydrogen (secondary N) is 1. The number of rotatable bonds is 4. The van der Waals surface area contributed by atoms with Crippen LogP contribution in [0.2, 0.25) is 0 Å². The van der Waals surface area contributed by atoms with E-state index in [1.165, 1.54) is 12.0 Å². The third-order valence-electron chi connectivity index (χ3n) is 4.09. The fraction of sp³-hybridized carbons (Fsp3) is 0.647. The Bertz CT molecular complexity index is 525. The molecular formula is C17H25NO3. The molecule has 2 heterocycles. The van der Waals surface area contributed by atoms with E-state index < -0.39 is 0 Å². The first-order valence-electron chi connectivity index (χ1n) is 7.81. The molecule has 0 amide bonds. The molecule has 0 fully saturated rings. The molecule has 0 aromatic heterocycles. The number of fused-ring (bicyclic) bond motifs is 3. The summed E-state index contributed by atoms with van der Waals surface area (Å²) in [5.41, 5.74) is 0.978. The van der Waals surface area contributed by atoms with Crippen molar-refractivity contribution in [3.63, 3.8) is 0 Å². The van der Waals surface area contributed by atoms with Crippen LogP contribution in [0.25, 0.3) is 0 Å². The van der Waals surface area contributed by atoms with Crippen molar-refractivity contribution in [1.82, 2.24) is 5.32 Å². The summed E-state index contributed by atoms with van der Waals surface area (Å²) in [6.45, 7) is 10.1. The van der Waals surface area contributed by atoms with E-state index >= 15 is 0 Å². The molecule has 2 aliphatic rings. The van der Waals surface area contributed by atoms with Gasteiger partial charge in [-0.2, -0.15) is 0 Å². The van der Waals surface area contributed by atoms with E-state index in [4.69, 9.17) is 14.2 Å². The summed E-state index contributed by atoms with van der Waals surface area (Å²) in [7, 11) is 0.